The maximum absolute atomic E-state index is 11.3. The molecule has 1 fully saturated rings. The van der Waals surface area contributed by atoms with Crippen LogP contribution in [-0.2, 0) is 4.79 Å². The van der Waals surface area contributed by atoms with Gasteiger partial charge in [-0.25, -0.2) is 0 Å². The fraction of sp³-hybridized carbons (Fsp3) is 0.889. The van der Waals surface area contributed by atoms with Crippen molar-refractivity contribution in [2.75, 3.05) is 13.1 Å². The number of amides is 1. The SMILES string of the molecule is NCCCNC(=O)CC1(N)CCC1. The van der Waals surface area contributed by atoms with Gasteiger partial charge in [-0.2, -0.15) is 0 Å². The first-order chi connectivity index (χ1) is 6.16. The Morgan fingerprint density at radius 3 is 2.62 bits per heavy atom. The van der Waals surface area contributed by atoms with E-state index in [1.54, 1.807) is 0 Å². The molecule has 5 N–H and O–H groups in total. The third-order valence-electron chi connectivity index (χ3n) is 2.57. The van der Waals surface area contributed by atoms with Crippen molar-refractivity contribution in [1.82, 2.24) is 5.32 Å². The van der Waals surface area contributed by atoms with E-state index in [9.17, 15) is 4.79 Å². The minimum atomic E-state index is -0.202. The van der Waals surface area contributed by atoms with Crippen molar-refractivity contribution < 1.29 is 4.79 Å². The smallest absolute Gasteiger partial charge is 0.221 e. The summed E-state index contributed by atoms with van der Waals surface area (Å²) in [6, 6.07) is 0. The molecule has 0 spiro atoms. The van der Waals surface area contributed by atoms with Gasteiger partial charge in [-0.15, -0.1) is 0 Å². The van der Waals surface area contributed by atoms with Crippen LogP contribution in [0.15, 0.2) is 0 Å². The molecule has 4 heteroatoms. The average molecular weight is 185 g/mol. The summed E-state index contributed by atoms with van der Waals surface area (Å²) < 4.78 is 0. The summed E-state index contributed by atoms with van der Waals surface area (Å²) in [5.74, 6) is 0.0654. The lowest BCUT2D eigenvalue weighted by atomic mass is 9.75. The summed E-state index contributed by atoms with van der Waals surface area (Å²) >= 11 is 0. The average Bonchev–Trinajstić information content (AvgIpc) is 2.02. The lowest BCUT2D eigenvalue weighted by molar-refractivity contribution is -0.122. The number of nitrogens with two attached hydrogens (primary N) is 2. The van der Waals surface area contributed by atoms with Crippen molar-refractivity contribution in [3.05, 3.63) is 0 Å². The van der Waals surface area contributed by atoms with Crippen LogP contribution < -0.4 is 16.8 Å². The van der Waals surface area contributed by atoms with Crippen LogP contribution in [-0.4, -0.2) is 24.5 Å². The zero-order chi connectivity index (χ0) is 9.73. The van der Waals surface area contributed by atoms with E-state index in [0.717, 1.165) is 25.7 Å². The van der Waals surface area contributed by atoms with Crippen molar-refractivity contribution in [2.24, 2.45) is 11.5 Å². The van der Waals surface area contributed by atoms with E-state index in [1.807, 2.05) is 0 Å². The summed E-state index contributed by atoms with van der Waals surface area (Å²) in [5.41, 5.74) is 11.0. The molecule has 1 rings (SSSR count). The van der Waals surface area contributed by atoms with Crippen molar-refractivity contribution in [3.63, 3.8) is 0 Å². The lowest BCUT2D eigenvalue weighted by Crippen LogP contribution is -2.50. The molecule has 0 aromatic rings. The zero-order valence-corrected chi connectivity index (χ0v) is 8.01. The molecule has 1 aliphatic rings. The van der Waals surface area contributed by atoms with Crippen molar-refractivity contribution >= 4 is 5.91 Å². The number of rotatable bonds is 5. The van der Waals surface area contributed by atoms with Crippen molar-refractivity contribution in [1.29, 1.82) is 0 Å². The van der Waals surface area contributed by atoms with E-state index >= 15 is 0 Å². The third-order valence-corrected chi connectivity index (χ3v) is 2.57. The molecule has 0 atom stereocenters. The highest BCUT2D eigenvalue weighted by molar-refractivity contribution is 5.77. The number of hydrogen-bond donors (Lipinski definition) is 3. The summed E-state index contributed by atoms with van der Waals surface area (Å²) in [4.78, 5) is 11.3. The van der Waals surface area contributed by atoms with Gasteiger partial charge in [0, 0.05) is 18.5 Å². The second kappa shape index (κ2) is 4.58. The van der Waals surface area contributed by atoms with Gasteiger partial charge in [-0.05, 0) is 32.2 Å². The van der Waals surface area contributed by atoms with Gasteiger partial charge < -0.3 is 16.8 Å². The molecule has 0 aliphatic heterocycles. The maximum Gasteiger partial charge on any atom is 0.221 e. The fourth-order valence-corrected chi connectivity index (χ4v) is 1.52. The molecule has 0 aromatic heterocycles. The first-order valence-corrected chi connectivity index (χ1v) is 4.92. The van der Waals surface area contributed by atoms with E-state index < -0.39 is 0 Å². The summed E-state index contributed by atoms with van der Waals surface area (Å²) in [5, 5.41) is 2.81. The van der Waals surface area contributed by atoms with Gasteiger partial charge >= 0.3 is 0 Å². The highest BCUT2D eigenvalue weighted by Crippen LogP contribution is 2.31. The second-order valence-electron chi connectivity index (χ2n) is 3.88. The zero-order valence-electron chi connectivity index (χ0n) is 8.01. The van der Waals surface area contributed by atoms with Gasteiger partial charge in [0.25, 0.3) is 0 Å². The minimum Gasteiger partial charge on any atom is -0.356 e. The number of nitrogens with one attached hydrogen (secondary N) is 1. The van der Waals surface area contributed by atoms with E-state index in [-0.39, 0.29) is 11.4 Å². The normalized spacial score (nSPS) is 19.2. The summed E-state index contributed by atoms with van der Waals surface area (Å²) in [7, 11) is 0. The van der Waals surface area contributed by atoms with Gasteiger partial charge in [0.1, 0.15) is 0 Å². The molecule has 0 aromatic carbocycles. The van der Waals surface area contributed by atoms with Crippen LogP contribution in [0.25, 0.3) is 0 Å². The Bertz CT molecular complexity index is 178. The summed E-state index contributed by atoms with van der Waals surface area (Å²) in [6.45, 7) is 1.29. The molecule has 0 saturated heterocycles. The van der Waals surface area contributed by atoms with Gasteiger partial charge in [0.2, 0.25) is 5.91 Å². The predicted octanol–water partition coefficient (Wildman–Crippen LogP) is -0.277. The highest BCUT2D eigenvalue weighted by Gasteiger charge is 2.34. The van der Waals surface area contributed by atoms with E-state index in [2.05, 4.69) is 5.32 Å². The Morgan fingerprint density at radius 2 is 2.15 bits per heavy atom. The Hall–Kier alpha value is -0.610. The molecule has 1 aliphatic carbocycles. The molecule has 0 unspecified atom stereocenters. The second-order valence-corrected chi connectivity index (χ2v) is 3.88. The first-order valence-electron chi connectivity index (χ1n) is 4.92. The summed E-state index contributed by atoms with van der Waals surface area (Å²) in [6.07, 6.45) is 4.43. The van der Waals surface area contributed by atoms with Crippen LogP contribution >= 0.6 is 0 Å². The van der Waals surface area contributed by atoms with Crippen molar-refractivity contribution in [2.45, 2.75) is 37.6 Å². The molecule has 4 nitrogen and oxygen atoms in total. The number of carbonyl (C=O) groups is 1. The minimum absolute atomic E-state index is 0.0654. The predicted molar refractivity (Wildman–Crippen MR) is 52.1 cm³/mol. The largest absolute Gasteiger partial charge is 0.356 e. The van der Waals surface area contributed by atoms with Crippen LogP contribution in [0.4, 0.5) is 0 Å². The quantitative estimate of drug-likeness (QED) is 0.515. The van der Waals surface area contributed by atoms with Crippen LogP contribution in [0.1, 0.15) is 32.1 Å². The molecule has 13 heavy (non-hydrogen) atoms. The molecule has 0 bridgehead atoms. The molecule has 0 heterocycles. The van der Waals surface area contributed by atoms with E-state index in [4.69, 9.17) is 11.5 Å². The first kappa shape index (κ1) is 10.5. The maximum atomic E-state index is 11.3. The number of hydrogen-bond acceptors (Lipinski definition) is 3. The number of carbonyl (C=O) groups excluding carboxylic acids is 1. The monoisotopic (exact) mass is 185 g/mol. The Kier molecular flexibility index (Phi) is 3.69. The van der Waals surface area contributed by atoms with Gasteiger partial charge in [-0.3, -0.25) is 4.79 Å². The van der Waals surface area contributed by atoms with Gasteiger partial charge in [0.05, 0.1) is 0 Å². The van der Waals surface area contributed by atoms with Gasteiger partial charge in [-0.1, -0.05) is 0 Å². The Morgan fingerprint density at radius 1 is 1.46 bits per heavy atom. The van der Waals surface area contributed by atoms with Crippen LogP contribution in [0.2, 0.25) is 0 Å². The molecule has 1 amide bonds. The van der Waals surface area contributed by atoms with E-state index in [1.165, 1.54) is 0 Å². The third kappa shape index (κ3) is 3.32. The van der Waals surface area contributed by atoms with Gasteiger partial charge in [0.15, 0.2) is 0 Å². The standard InChI is InChI=1S/C9H19N3O/c10-5-2-6-12-8(13)7-9(11)3-1-4-9/h1-7,10-11H2,(H,12,13). The Labute approximate surface area is 79.0 Å². The van der Waals surface area contributed by atoms with Crippen molar-refractivity contribution in [3.8, 4) is 0 Å². The molecule has 0 radical (unpaired) electrons. The van der Waals surface area contributed by atoms with E-state index in [0.29, 0.717) is 19.5 Å². The topological polar surface area (TPSA) is 81.1 Å². The highest BCUT2D eigenvalue weighted by atomic mass is 16.1. The van der Waals surface area contributed by atoms with Crippen LogP contribution in [0, 0.1) is 0 Å². The molecule has 76 valence electrons. The molecule has 1 saturated carbocycles. The van der Waals surface area contributed by atoms with Crippen LogP contribution in [0.5, 0.6) is 0 Å². The molecular weight excluding hydrogens is 166 g/mol. The Balaban J connectivity index is 2.10. The fourth-order valence-electron chi connectivity index (χ4n) is 1.52. The lowest BCUT2D eigenvalue weighted by Gasteiger charge is -2.37. The molecular formula is C9H19N3O. The van der Waals surface area contributed by atoms with Crippen LogP contribution in [0.3, 0.4) is 0 Å².